The number of aryl methyl sites for hydroxylation is 1. The maximum absolute atomic E-state index is 3.86. The minimum Gasteiger partial charge on any atom is -0.0990 e. The number of fused-ring (bicyclic) bond motifs is 1. The van der Waals surface area contributed by atoms with Gasteiger partial charge in [0.05, 0.1) is 0 Å². The Morgan fingerprint density at radius 1 is 0.909 bits per heavy atom. The van der Waals surface area contributed by atoms with Crippen LogP contribution < -0.4 is 0 Å². The van der Waals surface area contributed by atoms with E-state index in [0.717, 1.165) is 0 Å². The molecule has 2 rings (SSSR count). The van der Waals surface area contributed by atoms with E-state index < -0.39 is 0 Å². The molecular weight excluding hydrogens is 264 g/mol. The molecule has 0 aliphatic rings. The molecule has 0 aliphatic carbocycles. The van der Waals surface area contributed by atoms with Gasteiger partial charge in [-0.25, -0.2) is 0 Å². The summed E-state index contributed by atoms with van der Waals surface area (Å²) in [5.74, 6) is 0. The van der Waals surface area contributed by atoms with Crippen molar-refractivity contribution >= 4 is 16.3 Å². The van der Waals surface area contributed by atoms with Crippen molar-refractivity contribution in [2.75, 3.05) is 0 Å². The SMILES string of the molecule is C=C/C=C(\C=C/C)c1c(C)ccccccc2ccccc12. The predicted molar refractivity (Wildman–Crippen MR) is 99.3 cm³/mol. The van der Waals surface area contributed by atoms with Gasteiger partial charge in [0.1, 0.15) is 0 Å². The van der Waals surface area contributed by atoms with Crippen LogP contribution in [0.15, 0.2) is 91.5 Å². The monoisotopic (exact) mass is 286 g/mol. The number of allylic oxidation sites excluding steroid dienone is 5. The summed E-state index contributed by atoms with van der Waals surface area (Å²) < 4.78 is 0. The minimum atomic E-state index is 1.17. The van der Waals surface area contributed by atoms with Gasteiger partial charge < -0.3 is 0 Å². The highest BCUT2D eigenvalue weighted by atomic mass is 14.1. The van der Waals surface area contributed by atoms with Crippen LogP contribution in [0.5, 0.6) is 0 Å². The summed E-state index contributed by atoms with van der Waals surface area (Å²) in [5, 5.41) is 2.46. The Balaban J connectivity index is 3.00. The Morgan fingerprint density at radius 3 is 2.23 bits per heavy atom. The van der Waals surface area contributed by atoms with Gasteiger partial charge in [0.2, 0.25) is 0 Å². The molecule has 0 radical (unpaired) electrons. The van der Waals surface area contributed by atoms with E-state index in [9.17, 15) is 0 Å². The Kier molecular flexibility index (Phi) is 5.73. The molecule has 2 aromatic carbocycles. The molecular formula is C22H22. The van der Waals surface area contributed by atoms with Crippen LogP contribution in [0.1, 0.15) is 18.1 Å². The van der Waals surface area contributed by atoms with Gasteiger partial charge in [0.15, 0.2) is 0 Å². The fourth-order valence-corrected chi connectivity index (χ4v) is 2.57. The molecule has 0 N–H and O–H groups in total. The van der Waals surface area contributed by atoms with Crippen molar-refractivity contribution in [3.05, 3.63) is 103 Å². The second kappa shape index (κ2) is 7.99. The van der Waals surface area contributed by atoms with Crippen LogP contribution in [0, 0.1) is 6.92 Å². The molecule has 22 heavy (non-hydrogen) atoms. The van der Waals surface area contributed by atoms with Gasteiger partial charge in [-0.05, 0) is 41.3 Å². The van der Waals surface area contributed by atoms with Gasteiger partial charge in [-0.2, -0.15) is 0 Å². The van der Waals surface area contributed by atoms with Crippen LogP contribution in [0.4, 0.5) is 0 Å². The summed E-state index contributed by atoms with van der Waals surface area (Å²) in [5.41, 5.74) is 3.65. The number of benzene rings is 1. The maximum Gasteiger partial charge on any atom is -0.00762 e. The fraction of sp³-hybridized carbons (Fsp3) is 0.0909. The summed E-state index contributed by atoms with van der Waals surface area (Å²) in [6, 6.07) is 21.1. The topological polar surface area (TPSA) is 0 Å². The molecule has 0 aliphatic heterocycles. The highest BCUT2D eigenvalue weighted by molar-refractivity contribution is 5.96. The molecule has 0 saturated carbocycles. The first-order valence-electron chi connectivity index (χ1n) is 7.55. The van der Waals surface area contributed by atoms with Crippen LogP contribution in [-0.4, -0.2) is 0 Å². The number of hydrogen-bond acceptors (Lipinski definition) is 0. The van der Waals surface area contributed by atoms with Gasteiger partial charge >= 0.3 is 0 Å². The van der Waals surface area contributed by atoms with Crippen LogP contribution in [0.25, 0.3) is 16.3 Å². The van der Waals surface area contributed by atoms with E-state index in [-0.39, 0.29) is 0 Å². The molecule has 0 heteroatoms. The van der Waals surface area contributed by atoms with Crippen molar-refractivity contribution in [2.45, 2.75) is 13.8 Å². The van der Waals surface area contributed by atoms with Gasteiger partial charge in [-0.3, -0.25) is 0 Å². The van der Waals surface area contributed by atoms with E-state index in [1.54, 1.807) is 0 Å². The summed E-state index contributed by atoms with van der Waals surface area (Å²) in [6.45, 7) is 8.05. The summed E-state index contributed by atoms with van der Waals surface area (Å²) >= 11 is 0. The average Bonchev–Trinajstić information content (AvgIpc) is 2.52. The maximum atomic E-state index is 3.86. The number of hydrogen-bond donors (Lipinski definition) is 0. The van der Waals surface area contributed by atoms with Crippen molar-refractivity contribution in [1.82, 2.24) is 0 Å². The zero-order valence-electron chi connectivity index (χ0n) is 13.3. The lowest BCUT2D eigenvalue weighted by Crippen LogP contribution is -1.87. The second-order valence-corrected chi connectivity index (χ2v) is 5.11. The Morgan fingerprint density at radius 2 is 1.55 bits per heavy atom. The minimum absolute atomic E-state index is 1.17. The normalized spacial score (nSPS) is 11.5. The standard InChI is InChI=1S/C22H22/c1-4-12-20(13-5-2)22-18(3)14-8-6-7-9-15-19-16-10-11-17-21(19)22/h4-17H,1H2,2-3H3/b7-6?,8-6?,9-7?,13-5-,14-8?,15-9?,18-14?,19-15?,20-12+,22-18?,22-21?. The zero-order valence-corrected chi connectivity index (χ0v) is 13.3. The van der Waals surface area contributed by atoms with E-state index in [4.69, 9.17) is 0 Å². The molecule has 0 spiro atoms. The smallest absolute Gasteiger partial charge is 0.00762 e. The zero-order chi connectivity index (χ0) is 15.8. The van der Waals surface area contributed by atoms with Crippen LogP contribution in [0.2, 0.25) is 0 Å². The predicted octanol–water partition coefficient (Wildman–Crippen LogP) is 6.42. The third-order valence-corrected chi connectivity index (χ3v) is 3.51. The van der Waals surface area contributed by atoms with Crippen molar-refractivity contribution in [1.29, 1.82) is 0 Å². The third-order valence-electron chi connectivity index (χ3n) is 3.51. The van der Waals surface area contributed by atoms with E-state index in [1.165, 1.54) is 27.5 Å². The first kappa shape index (κ1) is 15.8. The van der Waals surface area contributed by atoms with Crippen molar-refractivity contribution in [3.8, 4) is 0 Å². The van der Waals surface area contributed by atoms with E-state index in [0.29, 0.717) is 0 Å². The Hall–Kier alpha value is -2.60. The van der Waals surface area contributed by atoms with Crippen molar-refractivity contribution in [3.63, 3.8) is 0 Å². The lowest BCUT2D eigenvalue weighted by molar-refractivity contribution is 1.47. The molecule has 0 amide bonds. The van der Waals surface area contributed by atoms with Gasteiger partial charge in [-0.15, -0.1) is 0 Å². The average molecular weight is 286 g/mol. The molecule has 2 aromatic rings. The van der Waals surface area contributed by atoms with Gasteiger partial charge in [0, 0.05) is 0 Å². The molecule has 0 atom stereocenters. The largest absolute Gasteiger partial charge is 0.0990 e. The molecule has 0 nitrogen and oxygen atoms in total. The summed E-state index contributed by atoms with van der Waals surface area (Å²) in [6.07, 6.45) is 8.11. The molecule has 0 aromatic heterocycles. The van der Waals surface area contributed by atoms with Crippen LogP contribution in [0.3, 0.4) is 0 Å². The van der Waals surface area contributed by atoms with Crippen LogP contribution >= 0.6 is 0 Å². The second-order valence-electron chi connectivity index (χ2n) is 5.11. The lowest BCUT2D eigenvalue weighted by atomic mass is 9.95. The summed E-state index contributed by atoms with van der Waals surface area (Å²) in [7, 11) is 0. The number of rotatable bonds is 3. The molecule has 110 valence electrons. The van der Waals surface area contributed by atoms with E-state index >= 15 is 0 Å². The highest BCUT2D eigenvalue weighted by Crippen LogP contribution is 2.27. The molecule has 0 heterocycles. The Bertz CT molecular complexity index is 775. The highest BCUT2D eigenvalue weighted by Gasteiger charge is 2.04. The molecule has 0 saturated heterocycles. The summed E-state index contributed by atoms with van der Waals surface area (Å²) in [4.78, 5) is 0. The lowest BCUT2D eigenvalue weighted by Gasteiger charge is -2.09. The van der Waals surface area contributed by atoms with Gasteiger partial charge in [-0.1, -0.05) is 91.5 Å². The van der Waals surface area contributed by atoms with Crippen molar-refractivity contribution < 1.29 is 0 Å². The molecule has 0 fully saturated rings. The quantitative estimate of drug-likeness (QED) is 0.571. The molecule has 0 bridgehead atoms. The fourth-order valence-electron chi connectivity index (χ4n) is 2.57. The van der Waals surface area contributed by atoms with Gasteiger partial charge in [0.25, 0.3) is 0 Å². The Labute approximate surface area is 133 Å². The third kappa shape index (κ3) is 3.73. The van der Waals surface area contributed by atoms with E-state index in [1.807, 2.05) is 13.0 Å². The first-order valence-corrected chi connectivity index (χ1v) is 7.55. The van der Waals surface area contributed by atoms with Crippen LogP contribution in [-0.2, 0) is 0 Å². The van der Waals surface area contributed by atoms with E-state index in [2.05, 4.69) is 92.4 Å². The molecule has 0 unspecified atom stereocenters. The van der Waals surface area contributed by atoms with Crippen molar-refractivity contribution in [2.24, 2.45) is 0 Å². The first-order chi connectivity index (χ1) is 10.8.